The number of para-hydroxylation sites is 2. The molecule has 0 radical (unpaired) electrons. The third-order valence-corrected chi connectivity index (χ3v) is 15.5. The number of alkyl halides is 3. The zero-order valence-electron chi connectivity index (χ0n) is 34.5. The highest BCUT2D eigenvalue weighted by molar-refractivity contribution is 7.27. The number of fused-ring (bicyclic) bond motifs is 14. The Balaban J connectivity index is 1.15. The first-order valence-electron chi connectivity index (χ1n) is 21.3. The van der Waals surface area contributed by atoms with E-state index < -0.39 is 11.7 Å². The van der Waals surface area contributed by atoms with Gasteiger partial charge in [0.2, 0.25) is 0 Å². The molecule has 0 unspecified atom stereocenters. The average Bonchev–Trinajstić information content (AvgIpc) is 4.08. The highest BCUT2D eigenvalue weighted by Crippen LogP contribution is 2.48. The maximum atomic E-state index is 14.0. The zero-order valence-corrected chi connectivity index (χ0v) is 36.2. The number of hydrogen-bond donors (Lipinski definition) is 0. The van der Waals surface area contributed by atoms with E-state index in [9.17, 15) is 13.2 Å². The van der Waals surface area contributed by atoms with E-state index in [4.69, 9.17) is 6.57 Å². The maximum Gasteiger partial charge on any atom is 0.416 e. The summed E-state index contributed by atoms with van der Waals surface area (Å²) in [5.74, 6) is 0. The SMILES string of the molecule is [C-]#[N+]c1ccc(-n2c3ccccc3c3c4sc5ccccc5c4ccc32)c(-c2ccc(-c3ccc(C(F)(F)F)cc3C)cc2-n2c3ccccc3c3c4sc5ccccc5c4ccc32)c1. The van der Waals surface area contributed by atoms with Crippen LogP contribution in [-0.4, -0.2) is 9.13 Å². The van der Waals surface area contributed by atoms with Gasteiger partial charge in [0.25, 0.3) is 0 Å². The lowest BCUT2D eigenvalue weighted by Gasteiger charge is -2.21. The van der Waals surface area contributed by atoms with E-state index in [1.54, 1.807) is 24.3 Å². The molecule has 0 aliphatic rings. The van der Waals surface area contributed by atoms with Crippen LogP contribution in [0.15, 0.2) is 176 Å². The van der Waals surface area contributed by atoms with Gasteiger partial charge in [0.05, 0.1) is 45.6 Å². The fourth-order valence-corrected chi connectivity index (χ4v) is 12.8. The van der Waals surface area contributed by atoms with Crippen LogP contribution in [0.5, 0.6) is 0 Å². The highest BCUT2D eigenvalue weighted by Gasteiger charge is 2.31. The minimum Gasteiger partial charge on any atom is -0.309 e. The van der Waals surface area contributed by atoms with Crippen LogP contribution in [0.25, 0.3) is 122 Å². The lowest BCUT2D eigenvalue weighted by atomic mass is 9.93. The van der Waals surface area contributed by atoms with Gasteiger partial charge >= 0.3 is 6.18 Å². The van der Waals surface area contributed by atoms with E-state index >= 15 is 0 Å². The van der Waals surface area contributed by atoms with Gasteiger partial charge in [-0.3, -0.25) is 0 Å². The molecule has 0 amide bonds. The normalized spacial score (nSPS) is 12.3. The highest BCUT2D eigenvalue weighted by atomic mass is 32.1. The van der Waals surface area contributed by atoms with Crippen molar-refractivity contribution in [1.29, 1.82) is 0 Å². The summed E-state index contributed by atoms with van der Waals surface area (Å²) in [4.78, 5) is 3.97. The molecule has 4 aromatic heterocycles. The number of thiophene rings is 2. The van der Waals surface area contributed by atoms with Crippen LogP contribution in [0.1, 0.15) is 11.1 Å². The Morgan fingerprint density at radius 1 is 0.462 bits per heavy atom. The number of nitrogens with zero attached hydrogens (tertiary/aromatic N) is 3. The van der Waals surface area contributed by atoms with E-state index in [-0.39, 0.29) is 0 Å². The smallest absolute Gasteiger partial charge is 0.309 e. The minimum absolute atomic E-state index is 0.499. The first kappa shape index (κ1) is 37.8. The molecular formula is C57H32F3N3S2. The van der Waals surface area contributed by atoms with Crippen LogP contribution in [-0.2, 0) is 6.18 Å². The summed E-state index contributed by atoms with van der Waals surface area (Å²) in [7, 11) is 0. The molecule has 0 atom stereocenters. The van der Waals surface area contributed by atoms with Crippen molar-refractivity contribution in [2.24, 2.45) is 0 Å². The summed E-state index contributed by atoms with van der Waals surface area (Å²) >= 11 is 3.60. The monoisotopic (exact) mass is 879 g/mol. The van der Waals surface area contributed by atoms with Crippen molar-refractivity contribution in [1.82, 2.24) is 9.13 Å². The lowest BCUT2D eigenvalue weighted by Crippen LogP contribution is -2.05. The standard InChI is InChI=1S/C57H32F3N3S2/c1-32-29-34(57(58,59)60)20-23-36(32)33-19-22-37(50(30-33)63-46-16-8-4-14-43(46)54-49(63)28-25-41-39-12-6-10-18-52(39)65-56(41)54)44-31-35(61-2)21-26-47(44)62-45-15-7-3-13-42(45)53-48(62)27-24-40-38-11-5-9-17-51(38)64-55(40)53/h3-31H,1H3. The van der Waals surface area contributed by atoms with Crippen molar-refractivity contribution in [2.45, 2.75) is 13.1 Å². The van der Waals surface area contributed by atoms with Gasteiger partial charge in [-0.2, -0.15) is 13.2 Å². The third-order valence-electron chi connectivity index (χ3n) is 13.1. The second-order valence-corrected chi connectivity index (χ2v) is 18.8. The van der Waals surface area contributed by atoms with Gasteiger partial charge in [-0.25, -0.2) is 4.85 Å². The van der Waals surface area contributed by atoms with Crippen molar-refractivity contribution in [3.05, 3.63) is 198 Å². The number of benzene rings is 9. The van der Waals surface area contributed by atoms with E-state index in [1.807, 2.05) is 29.5 Å². The van der Waals surface area contributed by atoms with Crippen molar-refractivity contribution < 1.29 is 13.2 Å². The Labute approximate surface area is 377 Å². The van der Waals surface area contributed by atoms with Gasteiger partial charge in [0, 0.05) is 67.5 Å². The van der Waals surface area contributed by atoms with Crippen molar-refractivity contribution in [3.63, 3.8) is 0 Å². The maximum absolute atomic E-state index is 14.0. The van der Waals surface area contributed by atoms with Crippen LogP contribution < -0.4 is 0 Å². The number of aromatic nitrogens is 2. The van der Waals surface area contributed by atoms with Gasteiger partial charge in [0.1, 0.15) is 0 Å². The Morgan fingerprint density at radius 3 is 1.57 bits per heavy atom. The van der Waals surface area contributed by atoms with E-state index in [0.717, 1.165) is 66.3 Å². The predicted molar refractivity (Wildman–Crippen MR) is 268 cm³/mol. The summed E-state index contributed by atoms with van der Waals surface area (Å²) in [5.41, 5.74) is 9.48. The minimum atomic E-state index is -4.46. The molecule has 9 aromatic carbocycles. The van der Waals surface area contributed by atoms with Crippen molar-refractivity contribution in [3.8, 4) is 33.6 Å². The fourth-order valence-electron chi connectivity index (χ4n) is 10.3. The van der Waals surface area contributed by atoms with Crippen molar-refractivity contribution in [2.75, 3.05) is 0 Å². The number of rotatable bonds is 4. The molecule has 0 saturated carbocycles. The van der Waals surface area contributed by atoms with Gasteiger partial charge in [0.15, 0.2) is 5.69 Å². The summed E-state index contributed by atoms with van der Waals surface area (Å²) in [5, 5.41) is 9.44. The molecule has 0 N–H and O–H groups in total. The molecule has 0 saturated heterocycles. The molecule has 0 aliphatic carbocycles. The molecule has 8 heteroatoms. The first-order chi connectivity index (χ1) is 31.7. The van der Waals surface area contributed by atoms with Crippen LogP contribution in [0.4, 0.5) is 18.9 Å². The quantitative estimate of drug-likeness (QED) is 0.156. The Morgan fingerprint density at radius 2 is 1.00 bits per heavy atom. The van der Waals surface area contributed by atoms with Gasteiger partial charge in [-0.1, -0.05) is 109 Å². The molecule has 0 spiro atoms. The molecule has 0 bridgehead atoms. The second kappa shape index (κ2) is 13.9. The van der Waals surface area contributed by atoms with Crippen LogP contribution in [0.2, 0.25) is 0 Å². The molecule has 0 fully saturated rings. The third kappa shape index (κ3) is 5.53. The summed E-state index contributed by atoms with van der Waals surface area (Å²) < 4.78 is 51.5. The molecular weight excluding hydrogens is 848 g/mol. The lowest BCUT2D eigenvalue weighted by molar-refractivity contribution is -0.137. The summed E-state index contributed by atoms with van der Waals surface area (Å²) in [6.45, 7) is 9.99. The number of hydrogen-bond acceptors (Lipinski definition) is 2. The summed E-state index contributed by atoms with van der Waals surface area (Å²) in [6, 6.07) is 59.1. The molecule has 13 rings (SSSR count). The second-order valence-electron chi connectivity index (χ2n) is 16.6. The Kier molecular flexibility index (Phi) is 8.09. The largest absolute Gasteiger partial charge is 0.416 e. The molecule has 4 heterocycles. The molecule has 0 aliphatic heterocycles. The van der Waals surface area contributed by atoms with Gasteiger partial charge in [-0.05, 0) is 95.9 Å². The number of halogens is 3. The fraction of sp³-hybridized carbons (Fsp3) is 0.0351. The van der Waals surface area contributed by atoms with Crippen LogP contribution >= 0.6 is 22.7 Å². The van der Waals surface area contributed by atoms with Crippen LogP contribution in [0.3, 0.4) is 0 Å². The van der Waals surface area contributed by atoms with E-state index in [1.165, 1.54) is 57.9 Å². The van der Waals surface area contributed by atoms with E-state index in [0.29, 0.717) is 16.8 Å². The Bertz CT molecular complexity index is 4210. The summed E-state index contributed by atoms with van der Waals surface area (Å²) in [6.07, 6.45) is -4.46. The molecule has 308 valence electrons. The average molecular weight is 880 g/mol. The molecule has 13 aromatic rings. The Hall–Kier alpha value is -7.70. The number of aryl methyl sites for hydroxylation is 1. The molecule has 65 heavy (non-hydrogen) atoms. The topological polar surface area (TPSA) is 14.2 Å². The van der Waals surface area contributed by atoms with E-state index in [2.05, 4.69) is 154 Å². The van der Waals surface area contributed by atoms with Crippen molar-refractivity contribution >= 4 is 112 Å². The van der Waals surface area contributed by atoms with Gasteiger partial charge < -0.3 is 9.13 Å². The first-order valence-corrected chi connectivity index (χ1v) is 22.9. The van der Waals surface area contributed by atoms with Gasteiger partial charge in [-0.15, -0.1) is 22.7 Å². The zero-order chi connectivity index (χ0) is 43.7. The molecule has 3 nitrogen and oxygen atoms in total. The van der Waals surface area contributed by atoms with Crippen LogP contribution in [0, 0.1) is 13.5 Å². The predicted octanol–water partition coefficient (Wildman–Crippen LogP) is 17.8.